The number of aryl methyl sites for hydroxylation is 1. The molecule has 0 heterocycles. The molecule has 0 N–H and O–H groups in total. The summed E-state index contributed by atoms with van der Waals surface area (Å²) in [5.41, 5.74) is 0.712. The fourth-order valence-corrected chi connectivity index (χ4v) is 1.08. The van der Waals surface area contributed by atoms with Crippen LogP contribution in [0.4, 0.5) is 5.69 Å². The van der Waals surface area contributed by atoms with Crippen LogP contribution in [0.25, 0.3) is 0 Å². The Morgan fingerprint density at radius 2 is 2.15 bits per heavy atom. The predicted molar refractivity (Wildman–Crippen MR) is 51.1 cm³/mol. The van der Waals surface area contributed by atoms with Gasteiger partial charge in [-0.15, -0.1) is 12.6 Å². The van der Waals surface area contributed by atoms with Crippen LogP contribution in [0, 0.1) is 17.0 Å². The van der Waals surface area contributed by atoms with E-state index in [9.17, 15) is 14.9 Å². The van der Waals surface area contributed by atoms with E-state index in [1.807, 2.05) is 0 Å². The van der Waals surface area contributed by atoms with Gasteiger partial charge in [-0.05, 0) is 13.0 Å². The minimum absolute atomic E-state index is 0.0556. The molecule has 0 aliphatic rings. The molecule has 0 spiro atoms. The third kappa shape index (κ3) is 2.06. The van der Waals surface area contributed by atoms with Crippen molar-refractivity contribution in [3.8, 4) is 0 Å². The highest BCUT2D eigenvalue weighted by molar-refractivity contribution is 7.97. The van der Waals surface area contributed by atoms with Crippen molar-refractivity contribution in [3.63, 3.8) is 0 Å². The van der Waals surface area contributed by atoms with Gasteiger partial charge in [0, 0.05) is 17.2 Å². The van der Waals surface area contributed by atoms with Gasteiger partial charge in [-0.25, -0.2) is 0 Å². The van der Waals surface area contributed by atoms with Crippen molar-refractivity contribution >= 4 is 23.4 Å². The summed E-state index contributed by atoms with van der Waals surface area (Å²) >= 11 is 3.58. The lowest BCUT2D eigenvalue weighted by Gasteiger charge is -1.98. The molecule has 0 bridgehead atoms. The third-order valence-corrected chi connectivity index (χ3v) is 1.91. The first kappa shape index (κ1) is 9.73. The van der Waals surface area contributed by atoms with Crippen LogP contribution >= 0.6 is 12.6 Å². The van der Waals surface area contributed by atoms with E-state index >= 15 is 0 Å². The molecule has 4 nitrogen and oxygen atoms in total. The lowest BCUT2D eigenvalue weighted by molar-refractivity contribution is -0.385. The molecule has 0 unspecified atom stereocenters. The van der Waals surface area contributed by atoms with Gasteiger partial charge < -0.3 is 0 Å². The molecule has 0 fully saturated rings. The van der Waals surface area contributed by atoms with E-state index in [1.54, 1.807) is 6.92 Å². The zero-order chi connectivity index (χ0) is 10.0. The Bertz CT molecular complexity index is 376. The van der Waals surface area contributed by atoms with Crippen molar-refractivity contribution in [3.05, 3.63) is 39.4 Å². The fraction of sp³-hybridized carbons (Fsp3) is 0.125. The number of hydrogen-bond donors (Lipinski definition) is 1. The average molecular weight is 197 g/mol. The van der Waals surface area contributed by atoms with Crippen LogP contribution in [-0.2, 0) is 0 Å². The van der Waals surface area contributed by atoms with Crippen molar-refractivity contribution in [2.75, 3.05) is 0 Å². The Labute approximate surface area is 80.1 Å². The molecule has 1 rings (SSSR count). The Balaban J connectivity index is 3.27. The second-order valence-electron chi connectivity index (χ2n) is 2.56. The predicted octanol–water partition coefficient (Wildman–Crippen LogP) is 1.97. The Morgan fingerprint density at radius 3 is 2.62 bits per heavy atom. The van der Waals surface area contributed by atoms with E-state index in [0.29, 0.717) is 5.56 Å². The molecular formula is C8H7NO3S. The smallest absolute Gasteiger partial charge is 0.273 e. The fourth-order valence-electron chi connectivity index (χ4n) is 0.939. The summed E-state index contributed by atoms with van der Waals surface area (Å²) in [7, 11) is 0. The summed E-state index contributed by atoms with van der Waals surface area (Å²) in [6.45, 7) is 1.62. The maximum Gasteiger partial charge on any atom is 0.273 e. The summed E-state index contributed by atoms with van der Waals surface area (Å²) in [6, 6.07) is 4.27. The first-order valence-corrected chi connectivity index (χ1v) is 3.95. The summed E-state index contributed by atoms with van der Waals surface area (Å²) in [5.74, 6) is 0. The molecule has 5 heteroatoms. The minimum Gasteiger partial charge on any atom is -0.282 e. The Hall–Kier alpha value is -1.36. The largest absolute Gasteiger partial charge is 0.282 e. The number of hydrogen-bond acceptors (Lipinski definition) is 3. The molecule has 0 aliphatic carbocycles. The van der Waals surface area contributed by atoms with Crippen LogP contribution in [0.2, 0.25) is 0 Å². The summed E-state index contributed by atoms with van der Waals surface area (Å²) in [4.78, 5) is 20.7. The van der Waals surface area contributed by atoms with Crippen LogP contribution in [0.3, 0.4) is 0 Å². The van der Waals surface area contributed by atoms with Crippen LogP contribution in [0.1, 0.15) is 15.9 Å². The first-order chi connectivity index (χ1) is 6.02. The highest BCUT2D eigenvalue weighted by Gasteiger charge is 2.12. The maximum absolute atomic E-state index is 10.8. The number of benzene rings is 1. The van der Waals surface area contributed by atoms with E-state index in [2.05, 4.69) is 12.6 Å². The van der Waals surface area contributed by atoms with Gasteiger partial charge in [-0.3, -0.25) is 14.9 Å². The third-order valence-electron chi connectivity index (χ3n) is 1.65. The number of carbonyl (C=O) groups is 1. The van der Waals surface area contributed by atoms with Crippen molar-refractivity contribution in [1.82, 2.24) is 0 Å². The van der Waals surface area contributed by atoms with E-state index in [1.165, 1.54) is 18.2 Å². The van der Waals surface area contributed by atoms with Gasteiger partial charge in [0.1, 0.15) is 0 Å². The van der Waals surface area contributed by atoms with Crippen molar-refractivity contribution in [2.45, 2.75) is 6.92 Å². The Kier molecular flexibility index (Phi) is 2.67. The van der Waals surface area contributed by atoms with Crippen molar-refractivity contribution in [1.29, 1.82) is 0 Å². The molecule has 1 aromatic rings. The van der Waals surface area contributed by atoms with Gasteiger partial charge in [-0.1, -0.05) is 6.07 Å². The second kappa shape index (κ2) is 3.57. The number of nitro groups is 1. The SMILES string of the molecule is Cc1ccc(C(=O)S)cc1[N+](=O)[O-]. The van der Waals surface area contributed by atoms with Crippen LogP contribution < -0.4 is 0 Å². The van der Waals surface area contributed by atoms with Gasteiger partial charge >= 0.3 is 0 Å². The molecule has 13 heavy (non-hydrogen) atoms. The molecule has 68 valence electrons. The molecule has 1 aromatic carbocycles. The topological polar surface area (TPSA) is 60.2 Å². The number of thiol groups is 1. The van der Waals surface area contributed by atoms with Crippen LogP contribution in [0.15, 0.2) is 18.2 Å². The number of nitro benzene ring substituents is 1. The Morgan fingerprint density at radius 1 is 1.54 bits per heavy atom. The normalized spacial score (nSPS) is 9.69. The van der Waals surface area contributed by atoms with Gasteiger partial charge in [0.2, 0.25) is 5.12 Å². The molecule has 0 aromatic heterocycles. The lowest BCUT2D eigenvalue weighted by Crippen LogP contribution is -1.95. The molecule has 0 radical (unpaired) electrons. The zero-order valence-electron chi connectivity index (χ0n) is 6.85. The maximum atomic E-state index is 10.8. The van der Waals surface area contributed by atoms with Gasteiger partial charge in [0.05, 0.1) is 4.92 Å². The number of rotatable bonds is 2. The number of nitrogens with zero attached hydrogens (tertiary/aromatic N) is 1. The average Bonchev–Trinajstić information content (AvgIpc) is 2.04. The van der Waals surface area contributed by atoms with E-state index < -0.39 is 10.0 Å². The van der Waals surface area contributed by atoms with Crippen LogP contribution in [0.5, 0.6) is 0 Å². The molecule has 0 saturated heterocycles. The van der Waals surface area contributed by atoms with E-state index in [0.717, 1.165) is 0 Å². The van der Waals surface area contributed by atoms with Crippen molar-refractivity contribution < 1.29 is 9.72 Å². The van der Waals surface area contributed by atoms with E-state index in [4.69, 9.17) is 0 Å². The van der Waals surface area contributed by atoms with Gasteiger partial charge in [0.15, 0.2) is 0 Å². The summed E-state index contributed by atoms with van der Waals surface area (Å²) in [5, 5.41) is 10.00. The standard InChI is InChI=1S/C8H7NO3S/c1-5-2-3-6(8(10)13)4-7(5)9(11)12/h2-4H,1H3,(H,10,13). The first-order valence-electron chi connectivity index (χ1n) is 3.50. The molecule has 0 amide bonds. The summed E-state index contributed by atoms with van der Waals surface area (Å²) < 4.78 is 0. The summed E-state index contributed by atoms with van der Waals surface area (Å²) in [6.07, 6.45) is 0. The highest BCUT2D eigenvalue weighted by Crippen LogP contribution is 2.19. The second-order valence-corrected chi connectivity index (χ2v) is 2.97. The quantitative estimate of drug-likeness (QED) is 0.448. The van der Waals surface area contributed by atoms with Crippen LogP contribution in [-0.4, -0.2) is 10.0 Å². The molecule has 0 saturated carbocycles. The highest BCUT2D eigenvalue weighted by atomic mass is 32.1. The van der Waals surface area contributed by atoms with Gasteiger partial charge in [-0.2, -0.15) is 0 Å². The molecule has 0 aliphatic heterocycles. The molecular weight excluding hydrogens is 190 g/mol. The minimum atomic E-state index is -0.518. The monoisotopic (exact) mass is 197 g/mol. The van der Waals surface area contributed by atoms with Gasteiger partial charge in [0.25, 0.3) is 5.69 Å². The number of carbonyl (C=O) groups excluding carboxylic acids is 1. The van der Waals surface area contributed by atoms with E-state index in [-0.39, 0.29) is 11.3 Å². The molecule has 0 atom stereocenters. The van der Waals surface area contributed by atoms with Crippen molar-refractivity contribution in [2.24, 2.45) is 0 Å². The zero-order valence-corrected chi connectivity index (χ0v) is 7.75. The lowest BCUT2D eigenvalue weighted by atomic mass is 10.1.